The van der Waals surface area contributed by atoms with E-state index in [4.69, 9.17) is 10.5 Å². The lowest BCUT2D eigenvalue weighted by Crippen LogP contribution is -2.15. The van der Waals surface area contributed by atoms with E-state index in [1.807, 2.05) is 36.4 Å². The highest BCUT2D eigenvalue weighted by atomic mass is 16.5. The summed E-state index contributed by atoms with van der Waals surface area (Å²) in [6, 6.07) is 11.7. The quantitative estimate of drug-likeness (QED) is 0.692. The monoisotopic (exact) mass is 336 g/mol. The van der Waals surface area contributed by atoms with Gasteiger partial charge in [0.2, 0.25) is 0 Å². The topological polar surface area (TPSA) is 93.9 Å². The van der Waals surface area contributed by atoms with Crippen LogP contribution in [0.3, 0.4) is 0 Å². The highest BCUT2D eigenvalue weighted by molar-refractivity contribution is 5.95. The molecule has 0 spiro atoms. The molecule has 0 radical (unpaired) electrons. The minimum Gasteiger partial charge on any atom is -0.497 e. The number of carbonyl (C=O) groups excluding carboxylic acids is 1. The van der Waals surface area contributed by atoms with E-state index in [0.717, 1.165) is 29.0 Å². The fraction of sp³-hybridized carbons (Fsp3) is 0.211. The number of pyridine rings is 1. The molecule has 128 valence electrons. The van der Waals surface area contributed by atoms with Crippen LogP contribution in [0.1, 0.15) is 32.9 Å². The van der Waals surface area contributed by atoms with E-state index in [9.17, 15) is 4.79 Å². The summed E-state index contributed by atoms with van der Waals surface area (Å²) in [6.45, 7) is 0. The molecule has 0 aliphatic heterocycles. The summed E-state index contributed by atoms with van der Waals surface area (Å²) in [7, 11) is 1.64. The lowest BCUT2D eigenvalue weighted by molar-refractivity contribution is 0.0998. The fourth-order valence-electron chi connectivity index (χ4n) is 2.78. The summed E-state index contributed by atoms with van der Waals surface area (Å²) in [4.78, 5) is 16.0. The molecule has 6 nitrogen and oxygen atoms in total. The highest BCUT2D eigenvalue weighted by Crippen LogP contribution is 2.18. The molecular formula is C19H20N4O2. The standard InChI is InChI=1S/C19H20N4O2/c1-25-15-7-4-13(5-8-15)6-9-16-18(19(20)24)17(23-22-16)11-14-3-2-10-21-12-14/h2-5,7-8,10,12H,6,9,11H2,1H3,(H2,20,24)(H,22,23). The van der Waals surface area contributed by atoms with Gasteiger partial charge >= 0.3 is 0 Å². The predicted molar refractivity (Wildman–Crippen MR) is 94.6 cm³/mol. The Morgan fingerprint density at radius 1 is 1.16 bits per heavy atom. The Kier molecular flexibility index (Phi) is 5.09. The molecule has 1 aromatic carbocycles. The Hall–Kier alpha value is -3.15. The summed E-state index contributed by atoms with van der Waals surface area (Å²) in [5, 5.41) is 7.27. The second-order valence-corrected chi connectivity index (χ2v) is 5.77. The van der Waals surface area contributed by atoms with Crippen LogP contribution in [0.5, 0.6) is 5.75 Å². The molecule has 2 heterocycles. The third kappa shape index (κ3) is 4.03. The molecule has 3 aromatic rings. The minimum absolute atomic E-state index is 0.461. The van der Waals surface area contributed by atoms with Crippen LogP contribution in [0.2, 0.25) is 0 Å². The number of carbonyl (C=O) groups is 1. The van der Waals surface area contributed by atoms with Gasteiger partial charge in [0.15, 0.2) is 0 Å². The van der Waals surface area contributed by atoms with Gasteiger partial charge in [0.1, 0.15) is 5.75 Å². The van der Waals surface area contributed by atoms with E-state index in [-0.39, 0.29) is 0 Å². The van der Waals surface area contributed by atoms with Crippen LogP contribution < -0.4 is 10.5 Å². The van der Waals surface area contributed by atoms with E-state index in [0.29, 0.717) is 24.1 Å². The number of nitrogens with zero attached hydrogens (tertiary/aromatic N) is 2. The second kappa shape index (κ2) is 7.61. The number of nitrogens with one attached hydrogen (secondary N) is 1. The maximum atomic E-state index is 11.9. The molecule has 3 rings (SSSR count). The number of H-pyrrole nitrogens is 1. The molecule has 0 aliphatic rings. The molecule has 0 fully saturated rings. The van der Waals surface area contributed by atoms with Crippen molar-refractivity contribution in [3.05, 3.63) is 76.9 Å². The van der Waals surface area contributed by atoms with Gasteiger partial charge < -0.3 is 10.5 Å². The number of aromatic amines is 1. The lowest BCUT2D eigenvalue weighted by atomic mass is 10.0. The third-order valence-electron chi connectivity index (χ3n) is 4.08. The van der Waals surface area contributed by atoms with Crippen molar-refractivity contribution in [2.24, 2.45) is 5.73 Å². The number of aromatic nitrogens is 3. The molecule has 25 heavy (non-hydrogen) atoms. The van der Waals surface area contributed by atoms with Gasteiger partial charge in [-0.25, -0.2) is 0 Å². The summed E-state index contributed by atoms with van der Waals surface area (Å²) < 4.78 is 5.16. The van der Waals surface area contributed by atoms with Crippen LogP contribution in [0.15, 0.2) is 48.8 Å². The number of amides is 1. The maximum Gasteiger partial charge on any atom is 0.252 e. The highest BCUT2D eigenvalue weighted by Gasteiger charge is 2.18. The first-order valence-corrected chi connectivity index (χ1v) is 8.05. The summed E-state index contributed by atoms with van der Waals surface area (Å²) >= 11 is 0. The zero-order chi connectivity index (χ0) is 17.6. The zero-order valence-corrected chi connectivity index (χ0v) is 14.0. The average molecular weight is 336 g/mol. The first-order valence-electron chi connectivity index (χ1n) is 8.05. The number of primary amides is 1. The Labute approximate surface area is 146 Å². The van der Waals surface area contributed by atoms with Gasteiger partial charge in [0.25, 0.3) is 5.91 Å². The van der Waals surface area contributed by atoms with Crippen LogP contribution in [0.4, 0.5) is 0 Å². The SMILES string of the molecule is COc1ccc(CCc2n[nH]c(Cc3cccnc3)c2C(N)=O)cc1. The predicted octanol–water partition coefficient (Wildman–Crippen LogP) is 2.29. The van der Waals surface area contributed by atoms with Crippen LogP contribution in [0, 0.1) is 0 Å². The molecule has 0 aliphatic carbocycles. The van der Waals surface area contributed by atoms with E-state index in [1.54, 1.807) is 19.5 Å². The van der Waals surface area contributed by atoms with Crippen LogP contribution in [0.25, 0.3) is 0 Å². The number of methoxy groups -OCH3 is 1. The van der Waals surface area contributed by atoms with Crippen molar-refractivity contribution in [1.29, 1.82) is 0 Å². The van der Waals surface area contributed by atoms with Crippen LogP contribution >= 0.6 is 0 Å². The lowest BCUT2D eigenvalue weighted by Gasteiger charge is -2.04. The Bertz CT molecular complexity index is 842. The Balaban J connectivity index is 1.75. The molecule has 2 aromatic heterocycles. The molecule has 3 N–H and O–H groups in total. The van der Waals surface area contributed by atoms with Crippen molar-refractivity contribution in [3.63, 3.8) is 0 Å². The number of hydrogen-bond acceptors (Lipinski definition) is 4. The number of benzene rings is 1. The minimum atomic E-state index is -0.461. The van der Waals surface area contributed by atoms with Gasteiger partial charge in [-0.15, -0.1) is 0 Å². The smallest absolute Gasteiger partial charge is 0.252 e. The summed E-state index contributed by atoms with van der Waals surface area (Å²) in [5.74, 6) is 0.359. The molecule has 0 saturated carbocycles. The van der Waals surface area contributed by atoms with E-state index >= 15 is 0 Å². The van der Waals surface area contributed by atoms with Gasteiger partial charge in [-0.3, -0.25) is 14.9 Å². The number of hydrogen-bond donors (Lipinski definition) is 2. The maximum absolute atomic E-state index is 11.9. The van der Waals surface area contributed by atoms with Gasteiger partial charge in [0, 0.05) is 18.8 Å². The molecule has 0 saturated heterocycles. The Morgan fingerprint density at radius 3 is 2.60 bits per heavy atom. The largest absolute Gasteiger partial charge is 0.497 e. The van der Waals surface area contributed by atoms with Gasteiger partial charge in [0.05, 0.1) is 24.1 Å². The summed E-state index contributed by atoms with van der Waals surface area (Å²) in [6.07, 6.45) is 5.42. The number of rotatable bonds is 7. The first-order chi connectivity index (χ1) is 12.2. The number of ether oxygens (including phenoxy) is 1. The second-order valence-electron chi connectivity index (χ2n) is 5.77. The molecule has 0 bridgehead atoms. The van der Waals surface area contributed by atoms with Gasteiger partial charge in [-0.1, -0.05) is 18.2 Å². The van der Waals surface area contributed by atoms with Crippen molar-refractivity contribution in [2.75, 3.05) is 7.11 Å². The van der Waals surface area contributed by atoms with Crippen LogP contribution in [-0.2, 0) is 19.3 Å². The number of aryl methyl sites for hydroxylation is 2. The van der Waals surface area contributed by atoms with Crippen molar-refractivity contribution in [1.82, 2.24) is 15.2 Å². The van der Waals surface area contributed by atoms with Crippen LogP contribution in [-0.4, -0.2) is 28.2 Å². The summed E-state index contributed by atoms with van der Waals surface area (Å²) in [5.41, 5.74) is 9.64. The molecular weight excluding hydrogens is 316 g/mol. The zero-order valence-electron chi connectivity index (χ0n) is 14.0. The third-order valence-corrected chi connectivity index (χ3v) is 4.08. The van der Waals surface area contributed by atoms with Crippen molar-refractivity contribution < 1.29 is 9.53 Å². The van der Waals surface area contributed by atoms with E-state index in [2.05, 4.69) is 15.2 Å². The average Bonchev–Trinajstić information content (AvgIpc) is 3.04. The fourth-order valence-corrected chi connectivity index (χ4v) is 2.78. The number of nitrogens with two attached hydrogens (primary N) is 1. The van der Waals surface area contributed by atoms with Gasteiger partial charge in [-0.2, -0.15) is 5.10 Å². The normalized spacial score (nSPS) is 10.6. The molecule has 0 atom stereocenters. The van der Waals surface area contributed by atoms with Crippen molar-refractivity contribution in [3.8, 4) is 5.75 Å². The van der Waals surface area contributed by atoms with E-state index in [1.165, 1.54) is 0 Å². The Morgan fingerprint density at radius 2 is 1.96 bits per heavy atom. The van der Waals surface area contributed by atoms with Gasteiger partial charge in [-0.05, 0) is 42.2 Å². The van der Waals surface area contributed by atoms with Crippen molar-refractivity contribution in [2.45, 2.75) is 19.3 Å². The van der Waals surface area contributed by atoms with Crippen molar-refractivity contribution >= 4 is 5.91 Å². The van der Waals surface area contributed by atoms with E-state index < -0.39 is 5.91 Å². The molecule has 6 heteroatoms. The first kappa shape index (κ1) is 16.7. The molecule has 0 unspecified atom stereocenters. The molecule has 1 amide bonds.